The van der Waals surface area contributed by atoms with Crippen LogP contribution in [0, 0.1) is 6.92 Å². The van der Waals surface area contributed by atoms with Crippen molar-refractivity contribution >= 4 is 0 Å². The van der Waals surface area contributed by atoms with Crippen LogP contribution < -0.4 is 5.32 Å². The maximum Gasteiger partial charge on any atom is 0.0662 e. The number of H-pyrrole nitrogens is 1. The molecule has 0 amide bonds. The number of fused-ring (bicyclic) bond motifs is 1. The number of aromatic nitrogens is 4. The van der Waals surface area contributed by atoms with Gasteiger partial charge in [-0.3, -0.25) is 9.78 Å². The van der Waals surface area contributed by atoms with Crippen molar-refractivity contribution < 1.29 is 0 Å². The second-order valence-corrected chi connectivity index (χ2v) is 6.54. The van der Waals surface area contributed by atoms with Crippen LogP contribution in [0.15, 0.2) is 42.7 Å². The van der Waals surface area contributed by atoms with Gasteiger partial charge in [0.1, 0.15) is 0 Å². The molecule has 2 N–H and O–H groups in total. The van der Waals surface area contributed by atoms with Gasteiger partial charge in [0.05, 0.1) is 18.9 Å². The fourth-order valence-corrected chi connectivity index (χ4v) is 3.51. The number of aromatic amines is 1. The van der Waals surface area contributed by atoms with Gasteiger partial charge in [0.15, 0.2) is 0 Å². The number of benzene rings is 1. The Bertz CT molecular complexity index is 802. The molecular formula is C19H23N5. The summed E-state index contributed by atoms with van der Waals surface area (Å²) in [7, 11) is 0. The van der Waals surface area contributed by atoms with Crippen molar-refractivity contribution in [3.8, 4) is 0 Å². The predicted octanol–water partition coefficient (Wildman–Crippen LogP) is 3.13. The maximum atomic E-state index is 4.66. The fraction of sp³-hybridized carbons (Fsp3) is 0.368. The minimum Gasteiger partial charge on any atom is -0.306 e. The average molecular weight is 321 g/mol. The van der Waals surface area contributed by atoms with E-state index in [-0.39, 0.29) is 0 Å². The minimum atomic E-state index is 0.382. The Morgan fingerprint density at radius 2 is 2.12 bits per heavy atom. The van der Waals surface area contributed by atoms with Crippen molar-refractivity contribution in [2.75, 3.05) is 0 Å². The summed E-state index contributed by atoms with van der Waals surface area (Å²) in [5.74, 6) is 0. The van der Waals surface area contributed by atoms with Gasteiger partial charge < -0.3 is 5.32 Å². The lowest BCUT2D eigenvalue weighted by Gasteiger charge is -2.24. The number of rotatable bonds is 5. The topological polar surface area (TPSA) is 58.5 Å². The SMILES string of the molecule is Cc1[nH]ncc1CNC1CCCc2c1cnn2Cc1ccccc1. The van der Waals surface area contributed by atoms with E-state index in [4.69, 9.17) is 0 Å². The van der Waals surface area contributed by atoms with Crippen molar-refractivity contribution in [3.63, 3.8) is 0 Å². The number of nitrogens with one attached hydrogen (secondary N) is 2. The maximum absolute atomic E-state index is 4.66. The van der Waals surface area contributed by atoms with Crippen LogP contribution in [0.1, 0.15) is 47.0 Å². The molecule has 0 radical (unpaired) electrons. The van der Waals surface area contributed by atoms with Crippen molar-refractivity contribution in [1.29, 1.82) is 0 Å². The zero-order valence-corrected chi connectivity index (χ0v) is 14.0. The van der Waals surface area contributed by atoms with Crippen LogP contribution in [0.2, 0.25) is 0 Å². The second-order valence-electron chi connectivity index (χ2n) is 6.54. The standard InChI is InChI=1S/C19H23N5/c1-14-16(11-21-23-14)10-20-18-8-5-9-19-17(18)12-22-24(19)13-15-6-3-2-4-7-15/h2-4,6-7,11-12,18,20H,5,8-10,13H2,1H3,(H,21,23). The van der Waals surface area contributed by atoms with E-state index in [1.165, 1.54) is 35.2 Å². The van der Waals surface area contributed by atoms with Crippen LogP contribution in [-0.2, 0) is 19.5 Å². The van der Waals surface area contributed by atoms with E-state index >= 15 is 0 Å². The van der Waals surface area contributed by atoms with E-state index in [0.29, 0.717) is 6.04 Å². The number of hydrogen-bond acceptors (Lipinski definition) is 3. The smallest absolute Gasteiger partial charge is 0.0662 e. The Morgan fingerprint density at radius 1 is 1.25 bits per heavy atom. The first kappa shape index (κ1) is 15.1. The highest BCUT2D eigenvalue weighted by Gasteiger charge is 2.24. The summed E-state index contributed by atoms with van der Waals surface area (Å²) in [5, 5.41) is 15.4. The minimum absolute atomic E-state index is 0.382. The molecule has 2 aromatic heterocycles. The average Bonchev–Trinajstić information content (AvgIpc) is 3.21. The van der Waals surface area contributed by atoms with E-state index in [0.717, 1.165) is 25.2 Å². The molecule has 1 aliphatic carbocycles. The van der Waals surface area contributed by atoms with Crippen LogP contribution >= 0.6 is 0 Å². The second kappa shape index (κ2) is 6.61. The molecular weight excluding hydrogens is 298 g/mol. The van der Waals surface area contributed by atoms with Gasteiger partial charge in [-0.2, -0.15) is 10.2 Å². The summed E-state index contributed by atoms with van der Waals surface area (Å²) >= 11 is 0. The highest BCUT2D eigenvalue weighted by atomic mass is 15.3. The monoisotopic (exact) mass is 321 g/mol. The van der Waals surface area contributed by atoms with Crippen molar-refractivity contribution in [2.45, 2.75) is 45.3 Å². The molecule has 124 valence electrons. The van der Waals surface area contributed by atoms with Gasteiger partial charge in [0.2, 0.25) is 0 Å². The first-order chi connectivity index (χ1) is 11.8. The molecule has 2 heterocycles. The zero-order chi connectivity index (χ0) is 16.4. The van der Waals surface area contributed by atoms with E-state index < -0.39 is 0 Å². The molecule has 24 heavy (non-hydrogen) atoms. The summed E-state index contributed by atoms with van der Waals surface area (Å²) < 4.78 is 2.17. The normalized spacial score (nSPS) is 17.0. The van der Waals surface area contributed by atoms with E-state index in [1.54, 1.807) is 0 Å². The van der Waals surface area contributed by atoms with Gasteiger partial charge in [0.25, 0.3) is 0 Å². The zero-order valence-electron chi connectivity index (χ0n) is 14.0. The molecule has 1 atom stereocenters. The molecule has 0 saturated heterocycles. The summed E-state index contributed by atoms with van der Waals surface area (Å²) in [6.07, 6.45) is 7.45. The first-order valence-corrected chi connectivity index (χ1v) is 8.62. The molecule has 0 fully saturated rings. The van der Waals surface area contributed by atoms with Gasteiger partial charge in [-0.25, -0.2) is 0 Å². The van der Waals surface area contributed by atoms with Crippen LogP contribution in [0.25, 0.3) is 0 Å². The van der Waals surface area contributed by atoms with Gasteiger partial charge >= 0.3 is 0 Å². The quantitative estimate of drug-likeness (QED) is 0.759. The molecule has 5 heteroatoms. The lowest BCUT2D eigenvalue weighted by atomic mass is 9.92. The van der Waals surface area contributed by atoms with Crippen LogP contribution in [-0.4, -0.2) is 20.0 Å². The third-order valence-corrected chi connectivity index (χ3v) is 4.91. The summed E-state index contributed by atoms with van der Waals surface area (Å²) in [4.78, 5) is 0. The molecule has 0 aliphatic heterocycles. The molecule has 1 aromatic carbocycles. The summed E-state index contributed by atoms with van der Waals surface area (Å²) in [5.41, 5.74) is 6.41. The van der Waals surface area contributed by atoms with Gasteiger partial charge in [-0.15, -0.1) is 0 Å². The molecule has 0 bridgehead atoms. The van der Waals surface area contributed by atoms with Gasteiger partial charge in [-0.1, -0.05) is 30.3 Å². The molecule has 0 spiro atoms. The Kier molecular flexibility index (Phi) is 4.17. The lowest BCUT2D eigenvalue weighted by Crippen LogP contribution is -2.25. The van der Waals surface area contributed by atoms with Crippen molar-refractivity contribution in [1.82, 2.24) is 25.3 Å². The third kappa shape index (κ3) is 2.99. The lowest BCUT2D eigenvalue weighted by molar-refractivity contribution is 0.449. The van der Waals surface area contributed by atoms with Crippen LogP contribution in [0.5, 0.6) is 0 Å². The third-order valence-electron chi connectivity index (χ3n) is 4.91. The Hall–Kier alpha value is -2.40. The fourth-order valence-electron chi connectivity index (χ4n) is 3.51. The number of aryl methyl sites for hydroxylation is 1. The predicted molar refractivity (Wildman–Crippen MR) is 93.6 cm³/mol. The Balaban J connectivity index is 1.50. The summed E-state index contributed by atoms with van der Waals surface area (Å²) in [6, 6.07) is 10.9. The molecule has 5 nitrogen and oxygen atoms in total. The van der Waals surface area contributed by atoms with E-state index in [9.17, 15) is 0 Å². The van der Waals surface area contributed by atoms with E-state index in [2.05, 4.69) is 68.7 Å². The summed E-state index contributed by atoms with van der Waals surface area (Å²) in [6.45, 7) is 3.76. The first-order valence-electron chi connectivity index (χ1n) is 8.62. The van der Waals surface area contributed by atoms with Gasteiger partial charge in [-0.05, 0) is 31.7 Å². The van der Waals surface area contributed by atoms with E-state index in [1.807, 2.05) is 6.20 Å². The molecule has 0 saturated carbocycles. The van der Waals surface area contributed by atoms with Crippen molar-refractivity contribution in [3.05, 3.63) is 70.8 Å². The largest absolute Gasteiger partial charge is 0.306 e. The Morgan fingerprint density at radius 3 is 2.92 bits per heavy atom. The van der Waals surface area contributed by atoms with Crippen molar-refractivity contribution in [2.24, 2.45) is 0 Å². The molecule has 4 rings (SSSR count). The Labute approximate surface area is 142 Å². The number of nitrogens with zero attached hydrogens (tertiary/aromatic N) is 3. The van der Waals surface area contributed by atoms with Gasteiger partial charge in [0, 0.05) is 35.1 Å². The van der Waals surface area contributed by atoms with Crippen LogP contribution in [0.3, 0.4) is 0 Å². The molecule has 1 unspecified atom stereocenters. The highest BCUT2D eigenvalue weighted by molar-refractivity contribution is 5.27. The van der Waals surface area contributed by atoms with Crippen LogP contribution in [0.4, 0.5) is 0 Å². The number of hydrogen-bond donors (Lipinski definition) is 2. The highest BCUT2D eigenvalue weighted by Crippen LogP contribution is 2.30. The molecule has 1 aliphatic rings. The molecule has 3 aromatic rings.